The number of nitrogens with zero attached hydrogens (tertiary/aromatic N) is 3. The van der Waals surface area contributed by atoms with Crippen LogP contribution < -0.4 is 0 Å². The zero-order valence-corrected chi connectivity index (χ0v) is 12.6. The van der Waals surface area contributed by atoms with Crippen molar-refractivity contribution in [3.8, 4) is 0 Å². The summed E-state index contributed by atoms with van der Waals surface area (Å²) in [5, 5.41) is 11.2. The van der Waals surface area contributed by atoms with Crippen molar-refractivity contribution in [2.75, 3.05) is 0 Å². The highest BCUT2D eigenvalue weighted by Crippen LogP contribution is 2.28. The van der Waals surface area contributed by atoms with Gasteiger partial charge in [0, 0.05) is 6.20 Å². The van der Waals surface area contributed by atoms with Gasteiger partial charge in [0.25, 0.3) is 5.69 Å². The second kappa shape index (κ2) is 5.73. The Morgan fingerprint density at radius 3 is 2.48 bits per heavy atom. The standard InChI is InChI=1S/C15H11N3O4S/c19-18(20)14-9-17-13-7-4-8-16-15(13)12(14)10-23(21,22)11-5-2-1-3-6-11/h1-9H,10H2. The van der Waals surface area contributed by atoms with Crippen LogP contribution in [0.25, 0.3) is 11.0 Å². The summed E-state index contributed by atoms with van der Waals surface area (Å²) < 4.78 is 25.1. The van der Waals surface area contributed by atoms with Crippen LogP contribution in [0, 0.1) is 10.1 Å². The molecule has 1 aromatic carbocycles. The van der Waals surface area contributed by atoms with Crippen LogP contribution >= 0.6 is 0 Å². The van der Waals surface area contributed by atoms with E-state index in [9.17, 15) is 18.5 Å². The number of pyridine rings is 2. The molecule has 0 saturated heterocycles. The van der Waals surface area contributed by atoms with Crippen LogP contribution in [0.2, 0.25) is 0 Å². The van der Waals surface area contributed by atoms with Crippen molar-refractivity contribution in [2.45, 2.75) is 10.6 Å². The van der Waals surface area contributed by atoms with Gasteiger partial charge in [-0.2, -0.15) is 0 Å². The monoisotopic (exact) mass is 329 g/mol. The van der Waals surface area contributed by atoms with E-state index in [1.165, 1.54) is 18.3 Å². The fourth-order valence-corrected chi connectivity index (χ4v) is 3.67. The Morgan fingerprint density at radius 2 is 1.78 bits per heavy atom. The molecule has 116 valence electrons. The Morgan fingerprint density at radius 1 is 1.04 bits per heavy atom. The molecule has 23 heavy (non-hydrogen) atoms. The predicted molar refractivity (Wildman–Crippen MR) is 83.5 cm³/mol. The molecule has 3 rings (SSSR count). The lowest BCUT2D eigenvalue weighted by Crippen LogP contribution is -2.08. The molecule has 0 fully saturated rings. The Labute approximate surface area is 131 Å². The second-order valence-electron chi connectivity index (χ2n) is 4.82. The van der Waals surface area contributed by atoms with Crippen LogP contribution in [0.4, 0.5) is 5.69 Å². The lowest BCUT2D eigenvalue weighted by atomic mass is 10.2. The first-order valence-corrected chi connectivity index (χ1v) is 8.29. The third-order valence-electron chi connectivity index (χ3n) is 3.34. The lowest BCUT2D eigenvalue weighted by Gasteiger charge is -2.07. The lowest BCUT2D eigenvalue weighted by molar-refractivity contribution is -0.385. The summed E-state index contributed by atoms with van der Waals surface area (Å²) in [6.45, 7) is 0. The average molecular weight is 329 g/mol. The Hall–Kier alpha value is -2.87. The third kappa shape index (κ3) is 2.88. The molecule has 7 nitrogen and oxygen atoms in total. The summed E-state index contributed by atoms with van der Waals surface area (Å²) >= 11 is 0. The molecule has 0 unspecified atom stereocenters. The molecule has 0 saturated carbocycles. The highest BCUT2D eigenvalue weighted by molar-refractivity contribution is 7.90. The fraction of sp³-hybridized carbons (Fsp3) is 0.0667. The maximum atomic E-state index is 12.5. The van der Waals surface area contributed by atoms with E-state index in [0.29, 0.717) is 5.52 Å². The average Bonchev–Trinajstić information content (AvgIpc) is 2.55. The van der Waals surface area contributed by atoms with E-state index < -0.39 is 20.5 Å². The summed E-state index contributed by atoms with van der Waals surface area (Å²) in [5.41, 5.74) is 0.331. The van der Waals surface area contributed by atoms with Gasteiger partial charge in [-0.25, -0.2) is 13.4 Å². The molecule has 0 amide bonds. The number of hydrogen-bond donors (Lipinski definition) is 0. The molecule has 2 heterocycles. The van der Waals surface area contributed by atoms with Gasteiger partial charge in [0.1, 0.15) is 6.20 Å². The number of nitro groups is 1. The third-order valence-corrected chi connectivity index (χ3v) is 5.00. The molecule has 0 atom stereocenters. The molecule has 3 aromatic rings. The first-order valence-electron chi connectivity index (χ1n) is 6.64. The summed E-state index contributed by atoms with van der Waals surface area (Å²) in [5.74, 6) is -0.511. The molecule has 0 radical (unpaired) electrons. The molecule has 0 aliphatic carbocycles. The Balaban J connectivity index is 2.19. The van der Waals surface area contributed by atoms with Crippen molar-refractivity contribution in [1.82, 2.24) is 9.97 Å². The van der Waals surface area contributed by atoms with Gasteiger partial charge in [-0.1, -0.05) is 18.2 Å². The Kier molecular flexibility index (Phi) is 3.75. The normalized spacial score (nSPS) is 11.5. The van der Waals surface area contributed by atoms with E-state index in [-0.39, 0.29) is 21.7 Å². The van der Waals surface area contributed by atoms with Crippen LogP contribution in [-0.2, 0) is 15.6 Å². The molecule has 2 aromatic heterocycles. The number of rotatable bonds is 4. The highest BCUT2D eigenvalue weighted by atomic mass is 32.2. The maximum Gasteiger partial charge on any atom is 0.293 e. The van der Waals surface area contributed by atoms with Crippen LogP contribution in [-0.4, -0.2) is 23.3 Å². The highest BCUT2D eigenvalue weighted by Gasteiger charge is 2.25. The molecule has 0 spiro atoms. The van der Waals surface area contributed by atoms with Gasteiger partial charge in [0.05, 0.1) is 32.2 Å². The molecule has 0 aliphatic heterocycles. The summed E-state index contributed by atoms with van der Waals surface area (Å²) in [6, 6.07) is 11.1. The smallest absolute Gasteiger partial charge is 0.258 e. The Bertz CT molecular complexity index is 988. The van der Waals surface area contributed by atoms with Crippen molar-refractivity contribution in [3.05, 3.63) is 70.5 Å². The van der Waals surface area contributed by atoms with Crippen molar-refractivity contribution >= 4 is 26.6 Å². The fourth-order valence-electron chi connectivity index (χ4n) is 2.26. The van der Waals surface area contributed by atoms with Crippen molar-refractivity contribution in [2.24, 2.45) is 0 Å². The minimum absolute atomic E-state index is 0.0458. The summed E-state index contributed by atoms with van der Waals surface area (Å²) in [6.07, 6.45) is 2.52. The maximum absolute atomic E-state index is 12.5. The van der Waals surface area contributed by atoms with E-state index in [0.717, 1.165) is 6.20 Å². The van der Waals surface area contributed by atoms with Gasteiger partial charge in [-0.15, -0.1) is 0 Å². The number of benzene rings is 1. The summed E-state index contributed by atoms with van der Waals surface area (Å²) in [4.78, 5) is 18.7. The number of fused-ring (bicyclic) bond motifs is 1. The van der Waals surface area contributed by atoms with E-state index in [4.69, 9.17) is 0 Å². The van der Waals surface area contributed by atoms with Crippen molar-refractivity contribution in [3.63, 3.8) is 0 Å². The minimum atomic E-state index is -3.73. The van der Waals surface area contributed by atoms with Crippen LogP contribution in [0.1, 0.15) is 5.56 Å². The molecule has 0 bridgehead atoms. The summed E-state index contributed by atoms with van der Waals surface area (Å²) in [7, 11) is -3.73. The van der Waals surface area contributed by atoms with Gasteiger partial charge in [0.15, 0.2) is 9.84 Å². The zero-order chi connectivity index (χ0) is 16.4. The van der Waals surface area contributed by atoms with Gasteiger partial charge in [0.2, 0.25) is 0 Å². The van der Waals surface area contributed by atoms with E-state index >= 15 is 0 Å². The largest absolute Gasteiger partial charge is 0.293 e. The predicted octanol–water partition coefficient (Wildman–Crippen LogP) is 2.51. The zero-order valence-electron chi connectivity index (χ0n) is 11.8. The van der Waals surface area contributed by atoms with Gasteiger partial charge >= 0.3 is 0 Å². The molecular formula is C15H11N3O4S. The molecule has 0 aliphatic rings. The van der Waals surface area contributed by atoms with Crippen molar-refractivity contribution in [1.29, 1.82) is 0 Å². The van der Waals surface area contributed by atoms with Gasteiger partial charge in [-0.05, 0) is 24.3 Å². The van der Waals surface area contributed by atoms with Gasteiger partial charge < -0.3 is 0 Å². The first kappa shape index (κ1) is 15.0. The first-order chi connectivity index (χ1) is 11.0. The quantitative estimate of drug-likeness (QED) is 0.538. The molecular weight excluding hydrogens is 318 g/mol. The number of aromatic nitrogens is 2. The number of hydrogen-bond acceptors (Lipinski definition) is 6. The minimum Gasteiger partial charge on any atom is -0.258 e. The SMILES string of the molecule is O=[N+]([O-])c1cnc2cccnc2c1CS(=O)(=O)c1ccccc1. The number of sulfone groups is 1. The topological polar surface area (TPSA) is 103 Å². The van der Waals surface area contributed by atoms with E-state index in [1.54, 1.807) is 30.3 Å². The molecule has 8 heteroatoms. The van der Waals surface area contributed by atoms with Crippen LogP contribution in [0.5, 0.6) is 0 Å². The second-order valence-corrected chi connectivity index (χ2v) is 6.81. The van der Waals surface area contributed by atoms with Gasteiger partial charge in [-0.3, -0.25) is 15.1 Å². The van der Waals surface area contributed by atoms with E-state index in [2.05, 4.69) is 9.97 Å². The van der Waals surface area contributed by atoms with Crippen LogP contribution in [0.3, 0.4) is 0 Å². The van der Waals surface area contributed by atoms with Crippen molar-refractivity contribution < 1.29 is 13.3 Å². The van der Waals surface area contributed by atoms with E-state index in [1.807, 2.05) is 0 Å². The molecule has 0 N–H and O–H groups in total. The van der Waals surface area contributed by atoms with Crippen LogP contribution in [0.15, 0.2) is 59.8 Å².